The van der Waals surface area contributed by atoms with Crippen molar-refractivity contribution in [2.45, 2.75) is 20.3 Å². The summed E-state index contributed by atoms with van der Waals surface area (Å²) in [6.45, 7) is 5.89. The lowest BCUT2D eigenvalue weighted by Crippen LogP contribution is -2.42. The highest BCUT2D eigenvalue weighted by molar-refractivity contribution is 5.82. The Kier molecular flexibility index (Phi) is 4.73. The molecule has 1 heterocycles. The highest BCUT2D eigenvalue weighted by Gasteiger charge is 2.27. The van der Waals surface area contributed by atoms with Crippen molar-refractivity contribution >= 4 is 11.9 Å². The molecule has 1 saturated heterocycles. The Hall–Kier alpha value is -1.10. The zero-order valence-electron chi connectivity index (χ0n) is 9.81. The predicted molar refractivity (Wildman–Crippen MR) is 58.0 cm³/mol. The van der Waals surface area contributed by atoms with Crippen LogP contribution in [0.5, 0.6) is 0 Å². The Balaban J connectivity index is 2.50. The van der Waals surface area contributed by atoms with Gasteiger partial charge in [-0.05, 0) is 5.92 Å². The van der Waals surface area contributed by atoms with Crippen molar-refractivity contribution in [1.29, 1.82) is 0 Å². The second-order valence-electron chi connectivity index (χ2n) is 4.39. The van der Waals surface area contributed by atoms with E-state index in [0.29, 0.717) is 26.3 Å². The normalized spacial score (nSPS) is 18.6. The number of ether oxygens (including phenoxy) is 1. The van der Waals surface area contributed by atoms with Crippen LogP contribution >= 0.6 is 0 Å². The van der Waals surface area contributed by atoms with Crippen LogP contribution in [0, 0.1) is 11.8 Å². The number of hydrogen-bond acceptors (Lipinski definition) is 3. The molecule has 0 aromatic rings. The molecule has 0 unspecified atom stereocenters. The molecule has 16 heavy (non-hydrogen) atoms. The molecule has 1 N–H and O–H groups in total. The highest BCUT2D eigenvalue weighted by atomic mass is 16.5. The summed E-state index contributed by atoms with van der Waals surface area (Å²) in [7, 11) is 0. The fraction of sp³-hybridized carbons (Fsp3) is 0.818. The number of rotatable bonds is 4. The molecular weight excluding hydrogens is 210 g/mol. The van der Waals surface area contributed by atoms with Gasteiger partial charge in [0.1, 0.15) is 0 Å². The van der Waals surface area contributed by atoms with Gasteiger partial charge in [0.15, 0.2) is 0 Å². The molecule has 0 aromatic heterocycles. The van der Waals surface area contributed by atoms with Gasteiger partial charge in [-0.1, -0.05) is 13.8 Å². The van der Waals surface area contributed by atoms with Crippen LogP contribution in [0.4, 0.5) is 0 Å². The second-order valence-corrected chi connectivity index (χ2v) is 4.39. The Bertz CT molecular complexity index is 259. The third-order valence-corrected chi connectivity index (χ3v) is 2.88. The first-order chi connectivity index (χ1) is 7.52. The van der Waals surface area contributed by atoms with Gasteiger partial charge in [-0.2, -0.15) is 0 Å². The molecule has 1 rings (SSSR count). The molecule has 1 atom stereocenters. The second kappa shape index (κ2) is 5.84. The number of amides is 1. The molecule has 5 heteroatoms. The largest absolute Gasteiger partial charge is 0.481 e. The molecule has 92 valence electrons. The number of morpholine rings is 1. The Morgan fingerprint density at radius 2 is 1.88 bits per heavy atom. The lowest BCUT2D eigenvalue weighted by molar-refractivity contribution is -0.148. The molecular formula is C11H19NO4. The minimum absolute atomic E-state index is 0.0255. The zero-order chi connectivity index (χ0) is 12.1. The average Bonchev–Trinajstić information content (AvgIpc) is 2.25. The number of nitrogens with zero attached hydrogens (tertiary/aromatic N) is 1. The van der Waals surface area contributed by atoms with Gasteiger partial charge in [-0.3, -0.25) is 9.59 Å². The molecule has 1 aliphatic rings. The van der Waals surface area contributed by atoms with Crippen molar-refractivity contribution in [3.05, 3.63) is 0 Å². The molecule has 0 spiro atoms. The molecule has 0 bridgehead atoms. The first-order valence-corrected chi connectivity index (χ1v) is 5.60. The quantitative estimate of drug-likeness (QED) is 0.766. The minimum Gasteiger partial charge on any atom is -0.481 e. The van der Waals surface area contributed by atoms with E-state index in [0.717, 1.165) is 0 Å². The van der Waals surface area contributed by atoms with Crippen molar-refractivity contribution in [1.82, 2.24) is 4.90 Å². The minimum atomic E-state index is -0.892. The molecule has 1 amide bonds. The summed E-state index contributed by atoms with van der Waals surface area (Å²) in [5.74, 6) is -1.58. The van der Waals surface area contributed by atoms with Crippen molar-refractivity contribution < 1.29 is 19.4 Å². The van der Waals surface area contributed by atoms with Crippen molar-refractivity contribution in [3.63, 3.8) is 0 Å². The van der Waals surface area contributed by atoms with E-state index in [9.17, 15) is 9.59 Å². The molecule has 0 aliphatic carbocycles. The van der Waals surface area contributed by atoms with E-state index in [2.05, 4.69) is 0 Å². The first kappa shape index (κ1) is 13.0. The van der Waals surface area contributed by atoms with Gasteiger partial charge in [0.25, 0.3) is 0 Å². The first-order valence-electron chi connectivity index (χ1n) is 5.60. The summed E-state index contributed by atoms with van der Waals surface area (Å²) < 4.78 is 5.14. The third kappa shape index (κ3) is 3.48. The lowest BCUT2D eigenvalue weighted by Gasteiger charge is -2.28. The molecule has 1 fully saturated rings. The standard InChI is InChI=1S/C11H19NO4/c1-8(2)9(11(14)15)7-10(13)12-3-5-16-6-4-12/h8-9H,3-7H2,1-2H3,(H,14,15)/t9-/m0/s1. The number of aliphatic carboxylic acids is 1. The van der Waals surface area contributed by atoms with Crippen LogP contribution in [-0.2, 0) is 14.3 Å². The Labute approximate surface area is 95.4 Å². The van der Waals surface area contributed by atoms with Crippen LogP contribution < -0.4 is 0 Å². The Morgan fingerprint density at radius 1 is 1.31 bits per heavy atom. The van der Waals surface area contributed by atoms with E-state index in [1.54, 1.807) is 4.90 Å². The van der Waals surface area contributed by atoms with Crippen molar-refractivity contribution in [3.8, 4) is 0 Å². The van der Waals surface area contributed by atoms with Crippen LogP contribution in [-0.4, -0.2) is 48.2 Å². The van der Waals surface area contributed by atoms with Crippen molar-refractivity contribution in [2.75, 3.05) is 26.3 Å². The van der Waals surface area contributed by atoms with E-state index >= 15 is 0 Å². The summed E-state index contributed by atoms with van der Waals surface area (Å²) in [6.07, 6.45) is 0.0903. The molecule has 0 saturated carbocycles. The van der Waals surface area contributed by atoms with Crippen LogP contribution in [0.15, 0.2) is 0 Å². The highest BCUT2D eigenvalue weighted by Crippen LogP contribution is 2.17. The Morgan fingerprint density at radius 3 is 2.31 bits per heavy atom. The topological polar surface area (TPSA) is 66.8 Å². The van der Waals surface area contributed by atoms with Crippen LogP contribution in [0.2, 0.25) is 0 Å². The van der Waals surface area contributed by atoms with Crippen LogP contribution in [0.3, 0.4) is 0 Å². The molecule has 1 aliphatic heterocycles. The fourth-order valence-corrected chi connectivity index (χ4v) is 1.74. The van der Waals surface area contributed by atoms with E-state index in [1.807, 2.05) is 13.8 Å². The maximum Gasteiger partial charge on any atom is 0.307 e. The molecule has 5 nitrogen and oxygen atoms in total. The monoisotopic (exact) mass is 229 g/mol. The number of carbonyl (C=O) groups excluding carboxylic acids is 1. The number of carboxylic acids is 1. The number of hydrogen-bond donors (Lipinski definition) is 1. The van der Waals surface area contributed by atoms with E-state index < -0.39 is 11.9 Å². The smallest absolute Gasteiger partial charge is 0.307 e. The summed E-state index contributed by atoms with van der Waals surface area (Å²) in [5, 5.41) is 9.00. The summed E-state index contributed by atoms with van der Waals surface area (Å²) >= 11 is 0. The van der Waals surface area contributed by atoms with Gasteiger partial charge >= 0.3 is 5.97 Å². The van der Waals surface area contributed by atoms with E-state index in [1.165, 1.54) is 0 Å². The van der Waals surface area contributed by atoms with Gasteiger partial charge in [-0.25, -0.2) is 0 Å². The van der Waals surface area contributed by atoms with Gasteiger partial charge in [0.05, 0.1) is 19.1 Å². The van der Waals surface area contributed by atoms with Crippen LogP contribution in [0.1, 0.15) is 20.3 Å². The lowest BCUT2D eigenvalue weighted by atomic mass is 9.92. The predicted octanol–water partition coefficient (Wildman–Crippen LogP) is 0.592. The SMILES string of the molecule is CC(C)[C@H](CC(=O)N1CCOCC1)C(=O)O. The third-order valence-electron chi connectivity index (χ3n) is 2.88. The van der Waals surface area contributed by atoms with Gasteiger partial charge in [0.2, 0.25) is 5.91 Å². The van der Waals surface area contributed by atoms with Gasteiger partial charge < -0.3 is 14.7 Å². The maximum atomic E-state index is 11.8. The number of carbonyl (C=O) groups is 2. The van der Waals surface area contributed by atoms with Crippen LogP contribution in [0.25, 0.3) is 0 Å². The van der Waals surface area contributed by atoms with Crippen molar-refractivity contribution in [2.24, 2.45) is 11.8 Å². The van der Waals surface area contributed by atoms with E-state index in [4.69, 9.17) is 9.84 Å². The summed E-state index contributed by atoms with van der Waals surface area (Å²) in [5.41, 5.74) is 0. The fourth-order valence-electron chi connectivity index (χ4n) is 1.74. The summed E-state index contributed by atoms with van der Waals surface area (Å²) in [6, 6.07) is 0. The van der Waals surface area contributed by atoms with E-state index in [-0.39, 0.29) is 18.2 Å². The van der Waals surface area contributed by atoms with Gasteiger partial charge in [-0.15, -0.1) is 0 Å². The number of carboxylic acid groups (broad SMARTS) is 1. The van der Waals surface area contributed by atoms with Gasteiger partial charge in [0, 0.05) is 19.5 Å². The zero-order valence-corrected chi connectivity index (χ0v) is 9.81. The molecule has 0 radical (unpaired) electrons. The molecule has 0 aromatic carbocycles. The summed E-state index contributed by atoms with van der Waals surface area (Å²) in [4.78, 5) is 24.5. The average molecular weight is 229 g/mol. The maximum absolute atomic E-state index is 11.8.